The van der Waals surface area contributed by atoms with Crippen molar-refractivity contribution in [2.45, 2.75) is 6.92 Å². The Morgan fingerprint density at radius 1 is 1.00 bits per heavy atom. The van der Waals surface area contributed by atoms with Crippen molar-refractivity contribution in [1.29, 1.82) is 0 Å². The third-order valence-corrected chi connectivity index (χ3v) is 4.55. The van der Waals surface area contributed by atoms with E-state index in [1.54, 1.807) is 0 Å². The second-order valence-electron chi connectivity index (χ2n) is 4.91. The molecule has 2 aromatic heterocycles. The zero-order chi connectivity index (χ0) is 14.4. The van der Waals surface area contributed by atoms with Gasteiger partial charge in [-0.2, -0.15) is 0 Å². The first-order chi connectivity index (χ1) is 10.3. The minimum absolute atomic E-state index is 0.0153. The maximum Gasteiger partial charge on any atom is 0.260 e. The number of hydrogen-bond donors (Lipinski definition) is 0. The van der Waals surface area contributed by atoms with Crippen LogP contribution in [-0.2, 0) is 0 Å². The van der Waals surface area contributed by atoms with Crippen LogP contribution in [0.2, 0.25) is 0 Å². The van der Waals surface area contributed by atoms with Crippen LogP contribution in [0.5, 0.6) is 0 Å². The van der Waals surface area contributed by atoms with Crippen molar-refractivity contribution in [2.24, 2.45) is 0 Å². The lowest BCUT2D eigenvalue weighted by molar-refractivity contribution is 1.00. The Bertz CT molecular complexity index is 1020. The minimum Gasteiger partial charge on any atom is -0.296 e. The van der Waals surface area contributed by atoms with Gasteiger partial charge in [0.25, 0.3) is 4.74 Å². The molecule has 4 heteroatoms. The van der Waals surface area contributed by atoms with Gasteiger partial charge in [-0.3, -0.25) is 9.36 Å². The first-order valence-electron chi connectivity index (χ1n) is 6.72. The van der Waals surface area contributed by atoms with Gasteiger partial charge < -0.3 is 0 Å². The van der Waals surface area contributed by atoms with Crippen LogP contribution in [0.3, 0.4) is 0 Å². The summed E-state index contributed by atoms with van der Waals surface area (Å²) in [7, 11) is 0. The van der Waals surface area contributed by atoms with Crippen LogP contribution >= 0.6 is 11.3 Å². The molecule has 2 heterocycles. The monoisotopic (exact) mass is 292 g/mol. The van der Waals surface area contributed by atoms with Gasteiger partial charge in [-0.1, -0.05) is 47.7 Å². The molecule has 0 unspecified atom stereocenters. The highest BCUT2D eigenvalue weighted by Gasteiger charge is 2.15. The molecule has 0 bridgehead atoms. The van der Waals surface area contributed by atoms with E-state index in [0.717, 1.165) is 27.1 Å². The third-order valence-electron chi connectivity index (χ3n) is 3.60. The molecule has 0 radical (unpaired) electrons. The maximum absolute atomic E-state index is 12.3. The lowest BCUT2D eigenvalue weighted by Gasteiger charge is -2.08. The summed E-state index contributed by atoms with van der Waals surface area (Å²) in [6.07, 6.45) is 0. The van der Waals surface area contributed by atoms with E-state index in [1.165, 1.54) is 11.3 Å². The highest BCUT2D eigenvalue weighted by atomic mass is 32.1. The van der Waals surface area contributed by atoms with Crippen molar-refractivity contribution >= 4 is 32.5 Å². The van der Waals surface area contributed by atoms with E-state index in [-0.39, 0.29) is 4.74 Å². The number of imidazole rings is 1. The Kier molecular flexibility index (Phi) is 2.65. The molecule has 0 saturated heterocycles. The number of hydrogen-bond acceptors (Lipinski definition) is 3. The van der Waals surface area contributed by atoms with Gasteiger partial charge in [0.05, 0.1) is 5.52 Å². The van der Waals surface area contributed by atoms with Crippen LogP contribution in [0.1, 0.15) is 5.82 Å². The zero-order valence-corrected chi connectivity index (χ0v) is 12.2. The van der Waals surface area contributed by atoms with Gasteiger partial charge in [-0.05, 0) is 25.1 Å². The van der Waals surface area contributed by atoms with Crippen molar-refractivity contribution in [3.05, 3.63) is 70.0 Å². The van der Waals surface area contributed by atoms with Gasteiger partial charge in [0, 0.05) is 15.8 Å². The minimum atomic E-state index is 0.0153. The molecule has 0 saturated carbocycles. The number of fused-ring (bicyclic) bond motifs is 3. The first kappa shape index (κ1) is 12.3. The molecule has 21 heavy (non-hydrogen) atoms. The number of rotatable bonds is 1. The van der Waals surface area contributed by atoms with Gasteiger partial charge in [0.2, 0.25) is 0 Å². The number of aryl methyl sites for hydroxylation is 1. The van der Waals surface area contributed by atoms with E-state index < -0.39 is 0 Å². The van der Waals surface area contributed by atoms with E-state index in [1.807, 2.05) is 61.5 Å². The summed E-state index contributed by atoms with van der Waals surface area (Å²) >= 11 is 1.26. The standard InChI is InChI=1S/C17H12N2OS/c1-11-18-15-16(19(11)12-7-3-2-4-8-12)13-9-5-6-10-14(13)21-17(15)20/h2-10H,1H3. The van der Waals surface area contributed by atoms with E-state index in [2.05, 4.69) is 9.55 Å². The molecule has 0 amide bonds. The highest BCUT2D eigenvalue weighted by molar-refractivity contribution is 7.16. The second-order valence-corrected chi connectivity index (χ2v) is 5.93. The van der Waals surface area contributed by atoms with Crippen LogP contribution in [0, 0.1) is 6.92 Å². The Morgan fingerprint density at radius 3 is 2.52 bits per heavy atom. The van der Waals surface area contributed by atoms with Gasteiger partial charge in [0.15, 0.2) is 0 Å². The molecule has 2 aromatic carbocycles. The summed E-state index contributed by atoms with van der Waals surface area (Å²) in [5.74, 6) is 0.830. The molecule has 0 aliphatic carbocycles. The van der Waals surface area contributed by atoms with Gasteiger partial charge in [0.1, 0.15) is 11.3 Å². The fourth-order valence-electron chi connectivity index (χ4n) is 2.72. The summed E-state index contributed by atoms with van der Waals surface area (Å²) in [4.78, 5) is 16.8. The Labute approximate surface area is 125 Å². The quantitative estimate of drug-likeness (QED) is 0.533. The van der Waals surface area contributed by atoms with Crippen LogP contribution in [0.4, 0.5) is 0 Å². The van der Waals surface area contributed by atoms with Gasteiger partial charge >= 0.3 is 0 Å². The fraction of sp³-hybridized carbons (Fsp3) is 0.0588. The van der Waals surface area contributed by atoms with E-state index >= 15 is 0 Å². The summed E-state index contributed by atoms with van der Waals surface area (Å²) in [5, 5.41) is 1.07. The predicted molar refractivity (Wildman–Crippen MR) is 87.5 cm³/mol. The van der Waals surface area contributed by atoms with Crippen molar-refractivity contribution in [1.82, 2.24) is 9.55 Å². The molecule has 102 valence electrons. The smallest absolute Gasteiger partial charge is 0.260 e. The molecule has 0 aliphatic rings. The van der Waals surface area contributed by atoms with Gasteiger partial charge in [-0.15, -0.1) is 0 Å². The Morgan fingerprint density at radius 2 is 1.71 bits per heavy atom. The number of para-hydroxylation sites is 1. The summed E-state index contributed by atoms with van der Waals surface area (Å²) in [6.45, 7) is 1.94. The van der Waals surface area contributed by atoms with E-state index in [4.69, 9.17) is 0 Å². The predicted octanol–water partition coefficient (Wildman–Crippen LogP) is 3.91. The summed E-state index contributed by atoms with van der Waals surface area (Å²) in [6, 6.07) is 18.0. The molecule has 0 aliphatic heterocycles. The second kappa shape index (κ2) is 4.53. The lowest BCUT2D eigenvalue weighted by Crippen LogP contribution is -1.99. The molecule has 4 rings (SSSR count). The maximum atomic E-state index is 12.3. The summed E-state index contributed by atoms with van der Waals surface area (Å²) in [5.41, 5.74) is 2.48. The van der Waals surface area contributed by atoms with Crippen molar-refractivity contribution in [2.75, 3.05) is 0 Å². The first-order valence-corrected chi connectivity index (χ1v) is 7.53. The molecule has 0 N–H and O–H groups in total. The molecular formula is C17H12N2OS. The molecule has 0 spiro atoms. The van der Waals surface area contributed by atoms with Crippen molar-refractivity contribution in [3.63, 3.8) is 0 Å². The Hall–Kier alpha value is -2.46. The topological polar surface area (TPSA) is 34.9 Å². The third kappa shape index (κ3) is 1.80. The van der Waals surface area contributed by atoms with Crippen molar-refractivity contribution in [3.8, 4) is 5.69 Å². The van der Waals surface area contributed by atoms with Crippen LogP contribution < -0.4 is 4.74 Å². The Balaban J connectivity index is 2.26. The SMILES string of the molecule is Cc1nc2c(=O)sc3ccccc3c2n1-c1ccccc1. The molecule has 4 aromatic rings. The zero-order valence-electron chi connectivity index (χ0n) is 11.4. The van der Waals surface area contributed by atoms with E-state index in [0.29, 0.717) is 5.52 Å². The molecule has 0 fully saturated rings. The average Bonchev–Trinajstić information content (AvgIpc) is 2.86. The lowest BCUT2D eigenvalue weighted by atomic mass is 10.2. The number of nitrogens with zero attached hydrogens (tertiary/aromatic N) is 2. The normalized spacial score (nSPS) is 11.3. The largest absolute Gasteiger partial charge is 0.296 e. The highest BCUT2D eigenvalue weighted by Crippen LogP contribution is 2.28. The number of aromatic nitrogens is 2. The van der Waals surface area contributed by atoms with Gasteiger partial charge in [-0.25, -0.2) is 4.98 Å². The molecular weight excluding hydrogens is 280 g/mol. The van der Waals surface area contributed by atoms with Crippen LogP contribution in [0.15, 0.2) is 59.4 Å². The summed E-state index contributed by atoms with van der Waals surface area (Å²) < 4.78 is 3.07. The van der Waals surface area contributed by atoms with Crippen LogP contribution in [-0.4, -0.2) is 9.55 Å². The van der Waals surface area contributed by atoms with Crippen LogP contribution in [0.25, 0.3) is 26.8 Å². The molecule has 0 atom stereocenters. The molecule has 3 nitrogen and oxygen atoms in total. The number of benzene rings is 2. The average molecular weight is 292 g/mol. The van der Waals surface area contributed by atoms with Crippen molar-refractivity contribution < 1.29 is 0 Å². The van der Waals surface area contributed by atoms with E-state index in [9.17, 15) is 4.79 Å². The fourth-order valence-corrected chi connectivity index (χ4v) is 3.58.